The molecular formula is C19H32InN. The van der Waals surface area contributed by atoms with Crippen LogP contribution in [0.3, 0.4) is 0 Å². The van der Waals surface area contributed by atoms with Gasteiger partial charge in [0, 0.05) is 0 Å². The number of hydrogen-bond acceptors (Lipinski definition) is 1. The number of hydrogen-bond donors (Lipinski definition) is 0. The van der Waals surface area contributed by atoms with Crippen molar-refractivity contribution in [3.05, 3.63) is 29.8 Å². The molecule has 2 heteroatoms. The van der Waals surface area contributed by atoms with E-state index >= 15 is 0 Å². The molecule has 0 saturated carbocycles. The van der Waals surface area contributed by atoms with E-state index in [0.717, 1.165) is 0 Å². The zero-order valence-electron chi connectivity index (χ0n) is 14.1. The first-order chi connectivity index (χ1) is 10.3. The maximum atomic E-state index is 2.68. The van der Waals surface area contributed by atoms with Gasteiger partial charge >= 0.3 is 140 Å². The summed E-state index contributed by atoms with van der Waals surface area (Å²) in [5, 5.41) is 0. The molecule has 0 aromatic heterocycles. The summed E-state index contributed by atoms with van der Waals surface area (Å²) >= 11 is -1.17. The molecule has 0 aliphatic carbocycles. The Bertz CT molecular complexity index is 390. The molecule has 0 radical (unpaired) electrons. The van der Waals surface area contributed by atoms with E-state index in [-0.39, 0.29) is 0 Å². The number of unbranched alkanes of at least 4 members (excludes halogenated alkanes) is 2. The SMILES string of the molecule is CCCCN(CCCC)c1ccccc1[CH2][In]1[CH2]CC[CH2]1. The van der Waals surface area contributed by atoms with Crippen molar-refractivity contribution in [2.24, 2.45) is 0 Å². The second-order valence-corrected chi connectivity index (χ2v) is 16.1. The summed E-state index contributed by atoms with van der Waals surface area (Å²) in [4.78, 5) is 2.68. The molecule has 1 aromatic rings. The fourth-order valence-corrected chi connectivity index (χ4v) is 13.3. The van der Waals surface area contributed by atoms with Gasteiger partial charge in [-0.1, -0.05) is 0 Å². The van der Waals surface area contributed by atoms with Crippen LogP contribution in [0.25, 0.3) is 0 Å². The Labute approximate surface area is 139 Å². The minimum atomic E-state index is -1.17. The Kier molecular flexibility index (Phi) is 8.06. The fourth-order valence-electron chi connectivity index (χ4n) is 3.57. The number of anilines is 1. The molecule has 0 spiro atoms. The quantitative estimate of drug-likeness (QED) is 0.542. The zero-order chi connectivity index (χ0) is 14.9. The molecular weight excluding hydrogens is 357 g/mol. The van der Waals surface area contributed by atoms with E-state index < -0.39 is 21.4 Å². The molecule has 1 nitrogen and oxygen atoms in total. The summed E-state index contributed by atoms with van der Waals surface area (Å²) < 4.78 is 4.81. The van der Waals surface area contributed by atoms with E-state index in [1.165, 1.54) is 55.8 Å². The average Bonchev–Trinajstić information content (AvgIpc) is 3.01. The molecule has 1 aliphatic heterocycles. The topological polar surface area (TPSA) is 3.24 Å². The Morgan fingerprint density at radius 1 is 0.952 bits per heavy atom. The Morgan fingerprint density at radius 3 is 2.19 bits per heavy atom. The first kappa shape index (κ1) is 17.2. The predicted molar refractivity (Wildman–Crippen MR) is 96.8 cm³/mol. The standard InChI is InChI=1S/C15H24N.C4H8.In/c1-4-6-12-16(13-7-5-2)15-11-9-8-10-14(15)3;1-3-4-2;/h8-11H,3-7,12-13H2,1-2H3;1-4H2;. The van der Waals surface area contributed by atoms with E-state index in [9.17, 15) is 0 Å². The summed E-state index contributed by atoms with van der Waals surface area (Å²) in [5.74, 6) is 0. The molecule has 0 amide bonds. The van der Waals surface area contributed by atoms with E-state index in [1.807, 2.05) is 0 Å². The van der Waals surface area contributed by atoms with Gasteiger partial charge in [-0.2, -0.15) is 0 Å². The van der Waals surface area contributed by atoms with Crippen LogP contribution < -0.4 is 4.90 Å². The van der Waals surface area contributed by atoms with Crippen LogP contribution in [0.2, 0.25) is 8.35 Å². The van der Waals surface area contributed by atoms with Crippen LogP contribution in [0.4, 0.5) is 5.69 Å². The number of para-hydroxylation sites is 1. The molecule has 1 fully saturated rings. The molecule has 0 atom stereocenters. The fraction of sp³-hybridized carbons (Fsp3) is 0.684. The predicted octanol–water partition coefficient (Wildman–Crippen LogP) is 5.46. The van der Waals surface area contributed by atoms with Gasteiger partial charge in [0.15, 0.2) is 0 Å². The van der Waals surface area contributed by atoms with Crippen molar-refractivity contribution in [2.45, 2.75) is 64.9 Å². The Hall–Kier alpha value is -0.110. The first-order valence-corrected chi connectivity index (χ1v) is 16.2. The molecule has 21 heavy (non-hydrogen) atoms. The third-order valence-corrected chi connectivity index (χ3v) is 14.8. The molecule has 0 N–H and O–H groups in total. The third kappa shape index (κ3) is 5.54. The van der Waals surface area contributed by atoms with Crippen LogP contribution >= 0.6 is 0 Å². The Balaban J connectivity index is 2.09. The van der Waals surface area contributed by atoms with Crippen molar-refractivity contribution in [1.29, 1.82) is 0 Å². The third-order valence-electron chi connectivity index (χ3n) is 4.88. The summed E-state index contributed by atoms with van der Waals surface area (Å²) in [5.41, 5.74) is 3.26. The molecule has 0 unspecified atom stereocenters. The zero-order valence-corrected chi connectivity index (χ0v) is 17.4. The summed E-state index contributed by atoms with van der Waals surface area (Å²) in [7, 11) is 0. The van der Waals surface area contributed by atoms with Gasteiger partial charge in [0.2, 0.25) is 0 Å². The Morgan fingerprint density at radius 2 is 1.57 bits per heavy atom. The molecule has 1 saturated heterocycles. The number of rotatable bonds is 9. The molecule has 0 bridgehead atoms. The van der Waals surface area contributed by atoms with Gasteiger partial charge in [-0.05, 0) is 0 Å². The van der Waals surface area contributed by atoms with E-state index in [1.54, 1.807) is 19.6 Å². The maximum absolute atomic E-state index is 2.68. The molecule has 1 aromatic carbocycles. The van der Waals surface area contributed by atoms with E-state index in [2.05, 4.69) is 43.0 Å². The van der Waals surface area contributed by atoms with Crippen LogP contribution in [0.1, 0.15) is 57.9 Å². The summed E-state index contributed by atoms with van der Waals surface area (Å²) in [6.07, 6.45) is 8.32. The van der Waals surface area contributed by atoms with Gasteiger partial charge < -0.3 is 0 Å². The second-order valence-electron chi connectivity index (χ2n) is 6.68. The van der Waals surface area contributed by atoms with Crippen LogP contribution in [0.5, 0.6) is 0 Å². The van der Waals surface area contributed by atoms with Gasteiger partial charge in [-0.25, -0.2) is 0 Å². The van der Waals surface area contributed by atoms with Crippen molar-refractivity contribution < 1.29 is 0 Å². The van der Waals surface area contributed by atoms with E-state index in [0.29, 0.717) is 0 Å². The molecule has 2 rings (SSSR count). The number of nitrogens with zero attached hydrogens (tertiary/aromatic N) is 1. The summed E-state index contributed by atoms with van der Waals surface area (Å²) in [6, 6.07) is 9.32. The second kappa shape index (κ2) is 9.82. The van der Waals surface area contributed by atoms with Crippen LogP contribution in [0, 0.1) is 0 Å². The summed E-state index contributed by atoms with van der Waals surface area (Å²) in [6.45, 7) is 7.10. The van der Waals surface area contributed by atoms with Gasteiger partial charge in [0.25, 0.3) is 0 Å². The minimum absolute atomic E-state index is 1.17. The van der Waals surface area contributed by atoms with Crippen molar-refractivity contribution in [3.8, 4) is 0 Å². The van der Waals surface area contributed by atoms with Crippen molar-refractivity contribution in [1.82, 2.24) is 0 Å². The van der Waals surface area contributed by atoms with Crippen LogP contribution in [-0.2, 0) is 4.18 Å². The first-order valence-electron chi connectivity index (χ1n) is 9.18. The van der Waals surface area contributed by atoms with Gasteiger partial charge in [0.1, 0.15) is 0 Å². The van der Waals surface area contributed by atoms with Crippen molar-refractivity contribution >= 4 is 27.1 Å². The van der Waals surface area contributed by atoms with Gasteiger partial charge in [-0.3, -0.25) is 0 Å². The molecule has 116 valence electrons. The van der Waals surface area contributed by atoms with Crippen LogP contribution in [0.15, 0.2) is 24.3 Å². The average molecular weight is 389 g/mol. The monoisotopic (exact) mass is 389 g/mol. The van der Waals surface area contributed by atoms with Gasteiger partial charge in [-0.15, -0.1) is 0 Å². The van der Waals surface area contributed by atoms with Crippen molar-refractivity contribution in [3.63, 3.8) is 0 Å². The molecule has 1 heterocycles. The number of benzene rings is 1. The van der Waals surface area contributed by atoms with Crippen LogP contribution in [-0.4, -0.2) is 34.5 Å². The normalized spacial score (nSPS) is 14.7. The van der Waals surface area contributed by atoms with Crippen molar-refractivity contribution in [2.75, 3.05) is 18.0 Å². The van der Waals surface area contributed by atoms with E-state index in [4.69, 9.17) is 0 Å². The molecule has 1 aliphatic rings. The van der Waals surface area contributed by atoms with Gasteiger partial charge in [0.05, 0.1) is 0 Å².